The van der Waals surface area contributed by atoms with Crippen LogP contribution in [0.2, 0.25) is 0 Å². The molecule has 0 fully saturated rings. The SMILES string of the molecule is COc1cccc(S(=O)(=O)N2C=Cc3ccccc3C2O)c1OC. The van der Waals surface area contributed by atoms with Crippen LogP contribution < -0.4 is 9.47 Å². The number of nitrogens with zero attached hydrogens (tertiary/aromatic N) is 1. The fraction of sp³-hybridized carbons (Fsp3) is 0.176. The van der Waals surface area contributed by atoms with Crippen LogP contribution in [-0.2, 0) is 10.0 Å². The number of fused-ring (bicyclic) bond motifs is 1. The molecule has 1 aliphatic rings. The standard InChI is InChI=1S/C17H17NO5S/c1-22-14-8-5-9-15(16(14)23-2)24(20,21)18-11-10-12-6-3-4-7-13(12)17(18)19/h3-11,17,19H,1-2H3. The number of benzene rings is 2. The van der Waals surface area contributed by atoms with E-state index in [-0.39, 0.29) is 10.6 Å². The number of hydrogen-bond donors (Lipinski definition) is 1. The van der Waals surface area contributed by atoms with Gasteiger partial charge in [0.25, 0.3) is 10.0 Å². The molecule has 0 amide bonds. The van der Waals surface area contributed by atoms with Crippen LogP contribution in [0.25, 0.3) is 6.08 Å². The third kappa shape index (κ3) is 2.51. The summed E-state index contributed by atoms with van der Waals surface area (Å²) in [6, 6.07) is 11.7. The molecular formula is C17H17NO5S. The summed E-state index contributed by atoms with van der Waals surface area (Å²) in [4.78, 5) is -0.0765. The Morgan fingerprint density at radius 1 is 1.04 bits per heavy atom. The molecule has 6 nitrogen and oxygen atoms in total. The maximum Gasteiger partial charge on any atom is 0.270 e. The van der Waals surface area contributed by atoms with Crippen molar-refractivity contribution >= 4 is 16.1 Å². The van der Waals surface area contributed by atoms with Crippen LogP contribution >= 0.6 is 0 Å². The largest absolute Gasteiger partial charge is 0.493 e. The van der Waals surface area contributed by atoms with Gasteiger partial charge < -0.3 is 14.6 Å². The Bertz CT molecular complexity index is 892. The quantitative estimate of drug-likeness (QED) is 0.919. The molecule has 0 saturated carbocycles. The van der Waals surface area contributed by atoms with Crippen LogP contribution in [0.5, 0.6) is 11.5 Å². The van der Waals surface area contributed by atoms with Crippen molar-refractivity contribution < 1.29 is 23.0 Å². The molecule has 126 valence electrons. The highest BCUT2D eigenvalue weighted by molar-refractivity contribution is 7.89. The number of aliphatic hydroxyl groups is 1. The second kappa shape index (κ2) is 6.18. The second-order valence-corrected chi connectivity index (χ2v) is 6.96. The Balaban J connectivity index is 2.11. The maximum absolute atomic E-state index is 13.0. The minimum atomic E-state index is -4.04. The van der Waals surface area contributed by atoms with Gasteiger partial charge in [-0.3, -0.25) is 0 Å². The van der Waals surface area contributed by atoms with Crippen LogP contribution in [0.15, 0.2) is 53.6 Å². The van der Waals surface area contributed by atoms with Gasteiger partial charge in [-0.05, 0) is 23.8 Å². The van der Waals surface area contributed by atoms with Crippen LogP contribution in [0.3, 0.4) is 0 Å². The monoisotopic (exact) mass is 347 g/mol. The van der Waals surface area contributed by atoms with E-state index in [2.05, 4.69) is 0 Å². The van der Waals surface area contributed by atoms with E-state index in [0.717, 1.165) is 9.87 Å². The van der Waals surface area contributed by atoms with Gasteiger partial charge in [-0.15, -0.1) is 0 Å². The molecule has 0 aliphatic carbocycles. The minimum absolute atomic E-state index is 0.0765. The number of para-hydroxylation sites is 1. The van der Waals surface area contributed by atoms with Gasteiger partial charge in [-0.1, -0.05) is 30.3 Å². The van der Waals surface area contributed by atoms with Crippen molar-refractivity contribution in [3.8, 4) is 11.5 Å². The second-order valence-electron chi connectivity index (χ2n) is 5.14. The lowest BCUT2D eigenvalue weighted by atomic mass is 10.0. The van der Waals surface area contributed by atoms with Crippen molar-refractivity contribution in [3.05, 3.63) is 59.8 Å². The lowest BCUT2D eigenvalue weighted by molar-refractivity contribution is 0.0885. The normalized spacial score (nSPS) is 16.6. The topological polar surface area (TPSA) is 76.1 Å². The van der Waals surface area contributed by atoms with E-state index in [1.807, 2.05) is 12.1 Å². The summed E-state index contributed by atoms with van der Waals surface area (Å²) < 4.78 is 37.3. The van der Waals surface area contributed by atoms with Gasteiger partial charge >= 0.3 is 0 Å². The van der Waals surface area contributed by atoms with E-state index < -0.39 is 16.3 Å². The fourth-order valence-corrected chi connectivity index (χ4v) is 4.15. The lowest BCUT2D eigenvalue weighted by Gasteiger charge is -2.30. The fourth-order valence-electron chi connectivity index (χ4n) is 2.66. The van der Waals surface area contributed by atoms with E-state index in [4.69, 9.17) is 9.47 Å². The minimum Gasteiger partial charge on any atom is -0.493 e. The van der Waals surface area contributed by atoms with E-state index >= 15 is 0 Å². The van der Waals surface area contributed by atoms with Crippen molar-refractivity contribution in [3.63, 3.8) is 0 Å². The molecule has 1 aliphatic heterocycles. The Morgan fingerprint density at radius 3 is 2.50 bits per heavy atom. The average molecular weight is 347 g/mol. The summed E-state index contributed by atoms with van der Waals surface area (Å²) in [6.45, 7) is 0. The summed E-state index contributed by atoms with van der Waals surface area (Å²) in [6.07, 6.45) is 1.68. The Morgan fingerprint density at radius 2 is 1.79 bits per heavy atom. The zero-order valence-electron chi connectivity index (χ0n) is 13.2. The van der Waals surface area contributed by atoms with Crippen LogP contribution in [0.4, 0.5) is 0 Å². The molecule has 2 aromatic rings. The average Bonchev–Trinajstić information content (AvgIpc) is 2.61. The first-order valence-corrected chi connectivity index (χ1v) is 8.64. The third-order valence-electron chi connectivity index (χ3n) is 3.84. The molecule has 1 heterocycles. The summed E-state index contributed by atoms with van der Waals surface area (Å²) in [5.74, 6) is 0.397. The van der Waals surface area contributed by atoms with Gasteiger partial charge in [-0.25, -0.2) is 12.7 Å². The Labute approximate surface area is 140 Å². The third-order valence-corrected chi connectivity index (χ3v) is 5.59. The molecule has 1 unspecified atom stereocenters. The van der Waals surface area contributed by atoms with Crippen LogP contribution in [0, 0.1) is 0 Å². The van der Waals surface area contributed by atoms with Crippen LogP contribution in [0.1, 0.15) is 17.4 Å². The van der Waals surface area contributed by atoms with Gasteiger partial charge in [0, 0.05) is 11.8 Å². The summed E-state index contributed by atoms with van der Waals surface area (Å²) in [5.41, 5.74) is 1.29. The van der Waals surface area contributed by atoms with Gasteiger partial charge in [0.05, 0.1) is 14.2 Å². The molecule has 0 bridgehead atoms. The number of ether oxygens (including phenoxy) is 2. The molecule has 3 rings (SSSR count). The molecule has 0 radical (unpaired) electrons. The Kier molecular flexibility index (Phi) is 4.21. The van der Waals surface area contributed by atoms with Crippen molar-refractivity contribution in [1.82, 2.24) is 4.31 Å². The van der Waals surface area contributed by atoms with Gasteiger partial charge in [0.2, 0.25) is 0 Å². The Hall–Kier alpha value is -2.51. The van der Waals surface area contributed by atoms with E-state index in [0.29, 0.717) is 11.3 Å². The predicted octanol–water partition coefficient (Wildman–Crippen LogP) is 2.37. The van der Waals surface area contributed by atoms with Gasteiger partial charge in [0.15, 0.2) is 17.7 Å². The molecule has 1 N–H and O–H groups in total. The van der Waals surface area contributed by atoms with Crippen molar-refractivity contribution in [2.24, 2.45) is 0 Å². The molecule has 7 heteroatoms. The first-order valence-electron chi connectivity index (χ1n) is 7.20. The molecule has 24 heavy (non-hydrogen) atoms. The predicted molar refractivity (Wildman–Crippen MR) is 89.0 cm³/mol. The number of aliphatic hydroxyl groups excluding tert-OH is 1. The molecule has 2 aromatic carbocycles. The van der Waals surface area contributed by atoms with E-state index in [1.165, 1.54) is 26.5 Å². The highest BCUT2D eigenvalue weighted by Gasteiger charge is 2.34. The van der Waals surface area contributed by atoms with Crippen molar-refractivity contribution in [1.29, 1.82) is 0 Å². The highest BCUT2D eigenvalue weighted by atomic mass is 32.2. The summed E-state index contributed by atoms with van der Waals surface area (Å²) in [7, 11) is -1.24. The molecule has 0 saturated heterocycles. The molecular weight excluding hydrogens is 330 g/mol. The number of hydrogen-bond acceptors (Lipinski definition) is 5. The summed E-state index contributed by atoms with van der Waals surface area (Å²) >= 11 is 0. The van der Waals surface area contributed by atoms with E-state index in [9.17, 15) is 13.5 Å². The maximum atomic E-state index is 13.0. The van der Waals surface area contributed by atoms with Crippen molar-refractivity contribution in [2.45, 2.75) is 11.1 Å². The zero-order chi connectivity index (χ0) is 17.3. The highest BCUT2D eigenvalue weighted by Crippen LogP contribution is 2.39. The first-order chi connectivity index (χ1) is 11.5. The molecule has 1 atom stereocenters. The summed E-state index contributed by atoms with van der Waals surface area (Å²) in [5, 5.41) is 10.5. The molecule has 0 aromatic heterocycles. The number of sulfonamides is 1. The van der Waals surface area contributed by atoms with Gasteiger partial charge in [-0.2, -0.15) is 0 Å². The van der Waals surface area contributed by atoms with Gasteiger partial charge in [0.1, 0.15) is 4.90 Å². The number of methoxy groups -OCH3 is 2. The number of rotatable bonds is 4. The van der Waals surface area contributed by atoms with Crippen molar-refractivity contribution in [2.75, 3.05) is 14.2 Å². The van der Waals surface area contributed by atoms with E-state index in [1.54, 1.807) is 30.3 Å². The smallest absolute Gasteiger partial charge is 0.270 e. The molecule has 0 spiro atoms. The van der Waals surface area contributed by atoms with Crippen LogP contribution in [-0.4, -0.2) is 32.0 Å². The first kappa shape index (κ1) is 16.4. The lowest BCUT2D eigenvalue weighted by Crippen LogP contribution is -2.32. The zero-order valence-corrected chi connectivity index (χ0v) is 14.0.